The van der Waals surface area contributed by atoms with Crippen LogP contribution >= 0.6 is 140 Å². The SMILES string of the molecule is ClC(Cl)(Cl)Cl.ClC(Cl)Cl.O=[N+]([O-])C(Cl)(Cl)Cl.S=C=S. The molecule has 0 heterocycles. The Hall–Kier alpha value is 2.52. The van der Waals surface area contributed by atoms with Crippen molar-refractivity contribution in [1.82, 2.24) is 0 Å². The van der Waals surface area contributed by atoms with Gasteiger partial charge >= 0.3 is 3.92 Å². The van der Waals surface area contributed by atoms with Crippen LogP contribution in [0.1, 0.15) is 0 Å². The van der Waals surface area contributed by atoms with Crippen LogP contribution in [-0.4, -0.2) is 20.7 Å². The Kier molecular flexibility index (Phi) is 26.2. The summed E-state index contributed by atoms with van der Waals surface area (Å²) in [5.74, 6) is 0. The number of nitro groups is 1. The summed E-state index contributed by atoms with van der Waals surface area (Å²) in [7, 11) is 0. The van der Waals surface area contributed by atoms with E-state index in [9.17, 15) is 10.1 Å². The molecule has 116 valence electrons. The number of hydrogen-bond donors (Lipinski definition) is 0. The van der Waals surface area contributed by atoms with Crippen molar-refractivity contribution in [2.24, 2.45) is 0 Å². The molecule has 0 N–H and O–H groups in total. The van der Waals surface area contributed by atoms with Gasteiger partial charge in [0.2, 0.25) is 0 Å². The highest BCUT2D eigenvalue weighted by Gasteiger charge is 2.33. The molecule has 0 spiro atoms. The summed E-state index contributed by atoms with van der Waals surface area (Å²) in [5, 5.41) is 9.43. The number of thiocarbonyl (C=S) groups is 2. The zero-order valence-electron chi connectivity index (χ0n) is 7.94. The van der Waals surface area contributed by atoms with Gasteiger partial charge in [-0.25, -0.2) is 0 Å². The number of nitrogens with zero attached hydrogens (tertiary/aromatic N) is 1. The van der Waals surface area contributed by atoms with Crippen LogP contribution in [0.15, 0.2) is 0 Å². The van der Waals surface area contributed by atoms with Crippen LogP contribution in [0.4, 0.5) is 0 Å². The number of rotatable bonds is 0. The monoisotopic (exact) mass is 509 g/mol. The van der Waals surface area contributed by atoms with Crippen molar-refractivity contribution in [3.05, 3.63) is 10.1 Å². The third kappa shape index (κ3) is 97.0. The average molecular weight is 514 g/mol. The van der Waals surface area contributed by atoms with E-state index in [1.54, 1.807) is 0 Å². The van der Waals surface area contributed by atoms with E-state index < -0.39 is 16.4 Å². The second-order valence-corrected chi connectivity index (χ2v) is 9.78. The first-order valence-corrected chi connectivity index (χ1v) is 7.75. The molecular weight excluding hydrogens is 513 g/mol. The molecule has 0 rings (SSSR count). The Bertz CT molecular complexity index is 248. The molecule has 0 aromatic heterocycles. The highest BCUT2D eigenvalue weighted by Crippen LogP contribution is 2.29. The van der Waals surface area contributed by atoms with Crippen LogP contribution in [0.25, 0.3) is 0 Å². The third-order valence-electron chi connectivity index (χ3n) is 0.207. The summed E-state index contributed by atoms with van der Waals surface area (Å²) in [6.45, 7) is 0. The lowest BCUT2D eigenvalue weighted by atomic mass is 11.4. The molecule has 0 unspecified atom stereocenters. The van der Waals surface area contributed by atoms with Crippen LogP contribution in [0, 0.1) is 10.1 Å². The normalized spacial score (nSPS) is 9.63. The molecule has 0 fully saturated rings. The molecule has 0 aliphatic rings. The van der Waals surface area contributed by atoms with E-state index in [1.165, 1.54) is 0 Å². The third-order valence-corrected chi connectivity index (χ3v) is 0.621. The Morgan fingerprint density at radius 3 is 1.00 bits per heavy atom. The summed E-state index contributed by atoms with van der Waals surface area (Å²) in [5.41, 5.74) is 0. The standard InChI is InChI=1S/CCl4.CCl3NO2.CHCl3.CS2/c2-1(3,4)5;2-1(3,4)5(6)7;2-1(3)4;2-1-3/h;;1H;. The minimum atomic E-state index is -2.36. The molecule has 0 amide bonds. The summed E-state index contributed by atoms with van der Waals surface area (Å²) in [6, 6.07) is 0. The predicted molar refractivity (Wildman–Crippen MR) is 95.0 cm³/mol. The molecular formula is C4HCl10NO2S2. The fraction of sp³-hybridized carbons (Fsp3) is 0.750. The number of hydrogen-bond acceptors (Lipinski definition) is 4. The fourth-order valence-corrected chi connectivity index (χ4v) is 0. The van der Waals surface area contributed by atoms with Gasteiger partial charge in [-0.15, -0.1) is 0 Å². The summed E-state index contributed by atoms with van der Waals surface area (Å²) < 4.78 is -2.81. The zero-order chi connectivity index (χ0) is 16.9. The van der Waals surface area contributed by atoms with E-state index >= 15 is 0 Å². The van der Waals surface area contributed by atoms with Gasteiger partial charge in [-0.1, -0.05) is 81.2 Å². The van der Waals surface area contributed by atoms with Gasteiger partial charge < -0.3 is 0 Å². The Labute approximate surface area is 169 Å². The van der Waals surface area contributed by atoms with Gasteiger partial charge in [-0.2, -0.15) is 0 Å². The highest BCUT2D eigenvalue weighted by molar-refractivity contribution is 7.93. The highest BCUT2D eigenvalue weighted by atomic mass is 35.6. The van der Waals surface area contributed by atoms with Crippen molar-refractivity contribution >= 4 is 145 Å². The molecule has 3 nitrogen and oxygen atoms in total. The average Bonchev–Trinajstić information content (AvgIpc) is 1.97. The van der Waals surface area contributed by atoms with Gasteiger partial charge in [0.15, 0.2) is 4.30 Å². The van der Waals surface area contributed by atoms with E-state index in [4.69, 9.17) is 116 Å². The van der Waals surface area contributed by atoms with Crippen molar-refractivity contribution in [1.29, 1.82) is 0 Å². The first-order valence-electron chi connectivity index (χ1n) is 2.97. The molecule has 0 aromatic rings. The van der Waals surface area contributed by atoms with E-state index in [1.807, 2.05) is 4.31 Å². The maximum atomic E-state index is 9.43. The molecule has 0 atom stereocenters. The molecule has 15 heteroatoms. The maximum absolute atomic E-state index is 9.43. The lowest BCUT2D eigenvalue weighted by Crippen LogP contribution is -2.15. The van der Waals surface area contributed by atoms with Crippen LogP contribution in [0.2, 0.25) is 0 Å². The second-order valence-electron chi connectivity index (χ2n) is 1.48. The molecule has 0 bridgehead atoms. The zero-order valence-corrected chi connectivity index (χ0v) is 17.1. The second kappa shape index (κ2) is 16.9. The lowest BCUT2D eigenvalue weighted by molar-refractivity contribution is -0.491. The van der Waals surface area contributed by atoms with E-state index in [-0.39, 0.29) is 0 Å². The van der Waals surface area contributed by atoms with Crippen molar-refractivity contribution < 1.29 is 4.92 Å². The van der Waals surface area contributed by atoms with Gasteiger partial charge in [-0.3, -0.25) is 10.1 Å². The quantitative estimate of drug-likeness (QED) is 0.113. The van der Waals surface area contributed by atoms with Gasteiger partial charge in [0.25, 0.3) is 3.25 Å². The van der Waals surface area contributed by atoms with Gasteiger partial charge in [0.05, 0.1) is 4.92 Å². The smallest absolute Gasteiger partial charge is 0.260 e. The van der Waals surface area contributed by atoms with Crippen molar-refractivity contribution in [3.63, 3.8) is 0 Å². The summed E-state index contributed by atoms with van der Waals surface area (Å²) >= 11 is 55.7. The van der Waals surface area contributed by atoms with Gasteiger partial charge in [0, 0.05) is 4.31 Å². The minimum absolute atomic E-state index is 0.750. The van der Waals surface area contributed by atoms with Crippen LogP contribution in [0.3, 0.4) is 0 Å². The fourth-order valence-electron chi connectivity index (χ4n) is 0. The Morgan fingerprint density at radius 1 is 0.947 bits per heavy atom. The molecule has 0 radical (unpaired) electrons. The van der Waals surface area contributed by atoms with Crippen molar-refractivity contribution in [3.8, 4) is 0 Å². The van der Waals surface area contributed by atoms with Gasteiger partial charge in [-0.05, 0) is 59.2 Å². The molecule has 0 saturated heterocycles. The van der Waals surface area contributed by atoms with E-state index in [0.717, 1.165) is 0 Å². The lowest BCUT2D eigenvalue weighted by Gasteiger charge is -1.96. The summed E-state index contributed by atoms with van der Waals surface area (Å²) in [6.07, 6.45) is 0. The minimum Gasteiger partial charge on any atom is -0.260 e. The first kappa shape index (κ1) is 29.5. The van der Waals surface area contributed by atoms with Crippen LogP contribution in [-0.2, 0) is 0 Å². The molecule has 0 saturated carbocycles. The number of halogens is 10. The largest absolute Gasteiger partial charge is 0.449 e. The maximum Gasteiger partial charge on any atom is 0.449 e. The van der Waals surface area contributed by atoms with Crippen LogP contribution < -0.4 is 0 Å². The Morgan fingerprint density at radius 2 is 1.00 bits per heavy atom. The molecule has 19 heavy (non-hydrogen) atoms. The van der Waals surface area contributed by atoms with Crippen LogP contribution in [0.5, 0.6) is 0 Å². The molecule has 0 aliphatic heterocycles. The number of alkyl halides is 10. The van der Waals surface area contributed by atoms with Crippen molar-refractivity contribution in [2.75, 3.05) is 0 Å². The topological polar surface area (TPSA) is 43.1 Å². The molecule has 0 aliphatic carbocycles. The predicted octanol–water partition coefficient (Wildman–Crippen LogP) is 7.15. The van der Waals surface area contributed by atoms with E-state index in [2.05, 4.69) is 24.4 Å². The van der Waals surface area contributed by atoms with E-state index in [0.29, 0.717) is 0 Å². The van der Waals surface area contributed by atoms with Crippen molar-refractivity contribution in [2.45, 2.75) is 11.5 Å². The summed E-state index contributed by atoms with van der Waals surface area (Å²) in [4.78, 5) is 8.41. The van der Waals surface area contributed by atoms with Gasteiger partial charge in [0.1, 0.15) is 0 Å². The Balaban J connectivity index is -0.0000000833. The first-order chi connectivity index (χ1) is 8.09. The molecule has 0 aromatic carbocycles.